The summed E-state index contributed by atoms with van der Waals surface area (Å²) < 4.78 is 15.9. The lowest BCUT2D eigenvalue weighted by molar-refractivity contribution is 0.100. The maximum atomic E-state index is 11.4. The number of carbonyl (C=O) groups excluding carboxylic acids is 1. The van der Waals surface area contributed by atoms with Crippen LogP contribution in [-0.2, 0) is 6.54 Å². The molecule has 1 heterocycles. The summed E-state index contributed by atoms with van der Waals surface area (Å²) in [5, 5.41) is 3.09. The minimum Gasteiger partial charge on any atom is -0.493 e. The number of nitrogens with two attached hydrogens (primary N) is 1. The maximum absolute atomic E-state index is 11.4. The first-order valence-corrected chi connectivity index (χ1v) is 6.88. The average Bonchev–Trinajstić information content (AvgIpc) is 2.58. The van der Waals surface area contributed by atoms with Gasteiger partial charge in [-0.2, -0.15) is 0 Å². The lowest BCUT2D eigenvalue weighted by Gasteiger charge is -2.15. The van der Waals surface area contributed by atoms with E-state index in [2.05, 4.69) is 10.3 Å². The van der Waals surface area contributed by atoms with Crippen LogP contribution in [0.5, 0.6) is 17.2 Å². The zero-order valence-electron chi connectivity index (χ0n) is 13.3. The van der Waals surface area contributed by atoms with Crippen molar-refractivity contribution in [3.63, 3.8) is 0 Å². The van der Waals surface area contributed by atoms with E-state index in [1.165, 1.54) is 0 Å². The fourth-order valence-corrected chi connectivity index (χ4v) is 2.17. The molecule has 2 rings (SSSR count). The number of carbonyl (C=O) groups is 1. The molecule has 3 N–H and O–H groups in total. The Balaban J connectivity index is 2.26. The van der Waals surface area contributed by atoms with Crippen LogP contribution in [0, 0.1) is 0 Å². The summed E-state index contributed by atoms with van der Waals surface area (Å²) in [4.78, 5) is 15.5. The van der Waals surface area contributed by atoms with Crippen molar-refractivity contribution < 1.29 is 19.0 Å². The van der Waals surface area contributed by atoms with Gasteiger partial charge in [-0.15, -0.1) is 0 Å². The van der Waals surface area contributed by atoms with Crippen LogP contribution in [0.4, 0.5) is 5.82 Å². The summed E-state index contributed by atoms with van der Waals surface area (Å²) in [6.45, 7) is 0.411. The Bertz CT molecular complexity index is 678. The number of hydrogen-bond donors (Lipinski definition) is 2. The number of nitrogens with zero attached hydrogens (tertiary/aromatic N) is 1. The normalized spacial score (nSPS) is 10.0. The molecule has 1 aromatic carbocycles. The molecule has 0 unspecified atom stereocenters. The smallest absolute Gasteiger partial charge is 0.252 e. The first-order valence-electron chi connectivity index (χ1n) is 6.88. The molecule has 1 amide bonds. The van der Waals surface area contributed by atoms with Crippen LogP contribution >= 0.6 is 0 Å². The second-order valence-corrected chi connectivity index (χ2v) is 4.65. The van der Waals surface area contributed by atoms with E-state index in [9.17, 15) is 4.79 Å². The molecule has 122 valence electrons. The number of nitrogens with one attached hydrogen (secondary N) is 1. The monoisotopic (exact) mass is 317 g/mol. The lowest BCUT2D eigenvalue weighted by atomic mass is 10.1. The number of ether oxygens (including phenoxy) is 3. The quantitative estimate of drug-likeness (QED) is 0.808. The van der Waals surface area contributed by atoms with Gasteiger partial charge in [-0.05, 0) is 29.8 Å². The van der Waals surface area contributed by atoms with Crippen molar-refractivity contribution in [2.75, 3.05) is 26.6 Å². The number of amides is 1. The van der Waals surface area contributed by atoms with Crippen LogP contribution in [0.3, 0.4) is 0 Å². The van der Waals surface area contributed by atoms with Gasteiger partial charge in [0.25, 0.3) is 5.91 Å². The van der Waals surface area contributed by atoms with Crippen molar-refractivity contribution in [3.8, 4) is 17.2 Å². The van der Waals surface area contributed by atoms with Crippen LogP contribution in [0.2, 0.25) is 0 Å². The van der Waals surface area contributed by atoms with E-state index in [1.54, 1.807) is 39.7 Å². The van der Waals surface area contributed by atoms with Gasteiger partial charge in [-0.25, -0.2) is 4.98 Å². The Morgan fingerprint density at radius 3 is 2.35 bits per heavy atom. The molecule has 23 heavy (non-hydrogen) atoms. The molecule has 0 radical (unpaired) electrons. The zero-order chi connectivity index (χ0) is 16.8. The SMILES string of the molecule is COc1cc(CNc2ncccc2C(N)=O)cc(OC)c1OC. The Morgan fingerprint density at radius 1 is 1.17 bits per heavy atom. The number of anilines is 1. The van der Waals surface area contributed by atoms with E-state index in [0.29, 0.717) is 35.2 Å². The predicted octanol–water partition coefficient (Wildman–Crippen LogP) is 1.82. The fraction of sp³-hybridized carbons (Fsp3) is 0.250. The van der Waals surface area contributed by atoms with Gasteiger partial charge in [0.1, 0.15) is 5.82 Å². The number of pyridine rings is 1. The number of methoxy groups -OCH3 is 3. The number of primary amides is 1. The van der Waals surface area contributed by atoms with Gasteiger partial charge in [0.15, 0.2) is 11.5 Å². The van der Waals surface area contributed by atoms with Gasteiger partial charge in [-0.3, -0.25) is 4.79 Å². The van der Waals surface area contributed by atoms with Crippen molar-refractivity contribution in [2.24, 2.45) is 5.73 Å². The summed E-state index contributed by atoms with van der Waals surface area (Å²) >= 11 is 0. The third-order valence-electron chi connectivity index (χ3n) is 3.26. The molecule has 0 spiro atoms. The average molecular weight is 317 g/mol. The second kappa shape index (κ2) is 7.35. The van der Waals surface area contributed by atoms with E-state index in [0.717, 1.165) is 5.56 Å². The highest BCUT2D eigenvalue weighted by molar-refractivity contribution is 5.97. The zero-order valence-corrected chi connectivity index (χ0v) is 13.3. The highest BCUT2D eigenvalue weighted by Crippen LogP contribution is 2.38. The number of aromatic nitrogens is 1. The van der Waals surface area contributed by atoms with Crippen LogP contribution in [0.15, 0.2) is 30.5 Å². The van der Waals surface area contributed by atoms with Gasteiger partial charge in [-0.1, -0.05) is 0 Å². The molecule has 0 saturated heterocycles. The maximum Gasteiger partial charge on any atom is 0.252 e. The van der Waals surface area contributed by atoms with Crippen molar-refractivity contribution >= 4 is 11.7 Å². The molecule has 0 aliphatic rings. The van der Waals surface area contributed by atoms with Crippen LogP contribution in [0.1, 0.15) is 15.9 Å². The molecule has 0 saturated carbocycles. The number of rotatable bonds is 7. The Labute approximate surface area is 134 Å². The van der Waals surface area contributed by atoms with Gasteiger partial charge in [0.05, 0.1) is 26.9 Å². The summed E-state index contributed by atoms with van der Waals surface area (Å²) in [6.07, 6.45) is 1.59. The van der Waals surface area contributed by atoms with Crippen molar-refractivity contribution in [1.29, 1.82) is 0 Å². The Morgan fingerprint density at radius 2 is 1.83 bits per heavy atom. The predicted molar refractivity (Wildman–Crippen MR) is 86.2 cm³/mol. The minimum atomic E-state index is -0.537. The van der Waals surface area contributed by atoms with Crippen molar-refractivity contribution in [3.05, 3.63) is 41.6 Å². The molecular weight excluding hydrogens is 298 g/mol. The second-order valence-electron chi connectivity index (χ2n) is 4.65. The van der Waals surface area contributed by atoms with E-state index >= 15 is 0 Å². The lowest BCUT2D eigenvalue weighted by Crippen LogP contribution is -2.15. The first-order chi connectivity index (χ1) is 11.1. The van der Waals surface area contributed by atoms with Crippen molar-refractivity contribution in [1.82, 2.24) is 4.98 Å². The van der Waals surface area contributed by atoms with Gasteiger partial charge in [0.2, 0.25) is 5.75 Å². The van der Waals surface area contributed by atoms with Crippen LogP contribution in [0.25, 0.3) is 0 Å². The Hall–Kier alpha value is -2.96. The molecule has 0 bridgehead atoms. The molecule has 7 nitrogen and oxygen atoms in total. The third kappa shape index (κ3) is 3.63. The molecule has 0 aliphatic heterocycles. The van der Waals surface area contributed by atoms with Gasteiger partial charge in [0, 0.05) is 12.7 Å². The fourth-order valence-electron chi connectivity index (χ4n) is 2.17. The summed E-state index contributed by atoms with van der Waals surface area (Å²) in [6, 6.07) is 6.92. The number of hydrogen-bond acceptors (Lipinski definition) is 6. The highest BCUT2D eigenvalue weighted by atomic mass is 16.5. The molecule has 2 aromatic rings. The van der Waals surface area contributed by atoms with Crippen molar-refractivity contribution in [2.45, 2.75) is 6.54 Å². The van der Waals surface area contributed by atoms with E-state index in [4.69, 9.17) is 19.9 Å². The molecule has 7 heteroatoms. The topological polar surface area (TPSA) is 95.7 Å². The minimum absolute atomic E-state index is 0.333. The van der Waals surface area contributed by atoms with E-state index in [-0.39, 0.29) is 0 Å². The van der Waals surface area contributed by atoms with Crippen LogP contribution in [-0.4, -0.2) is 32.2 Å². The van der Waals surface area contributed by atoms with Crippen LogP contribution < -0.4 is 25.3 Å². The van der Waals surface area contributed by atoms with E-state index in [1.807, 2.05) is 12.1 Å². The van der Waals surface area contributed by atoms with Gasteiger partial charge >= 0.3 is 0 Å². The summed E-state index contributed by atoms with van der Waals surface area (Å²) in [5.41, 5.74) is 6.55. The Kier molecular flexibility index (Phi) is 5.24. The molecular formula is C16H19N3O4. The molecule has 0 fully saturated rings. The molecule has 1 aromatic heterocycles. The third-order valence-corrected chi connectivity index (χ3v) is 3.26. The highest BCUT2D eigenvalue weighted by Gasteiger charge is 2.14. The summed E-state index contributed by atoms with van der Waals surface area (Å²) in [7, 11) is 4.65. The van der Waals surface area contributed by atoms with E-state index < -0.39 is 5.91 Å². The van der Waals surface area contributed by atoms with Gasteiger partial charge < -0.3 is 25.3 Å². The molecule has 0 atom stereocenters. The number of benzene rings is 1. The standard InChI is InChI=1S/C16H19N3O4/c1-21-12-7-10(8-13(22-2)14(12)23-3)9-19-16-11(15(17)20)5-4-6-18-16/h4-8H,9H2,1-3H3,(H2,17,20)(H,18,19). The largest absolute Gasteiger partial charge is 0.493 e. The summed E-state index contributed by atoms with van der Waals surface area (Å²) in [5.74, 6) is 1.52. The first kappa shape index (κ1) is 16.4. The molecule has 0 aliphatic carbocycles.